The Morgan fingerprint density at radius 3 is 1.49 bits per heavy atom. The molecule has 0 N–H and O–H groups in total. The van der Waals surface area contributed by atoms with Crippen molar-refractivity contribution in [2.45, 2.75) is 5.41 Å². The first-order valence-corrected chi connectivity index (χ1v) is 18.4. The molecule has 0 saturated carbocycles. The Kier molecular flexibility index (Phi) is 7.04. The van der Waals surface area contributed by atoms with Crippen molar-refractivity contribution in [1.29, 1.82) is 0 Å². The summed E-state index contributed by atoms with van der Waals surface area (Å²) in [6.45, 7) is 3.57. The minimum absolute atomic E-state index is 0.527. The van der Waals surface area contributed by atoms with Crippen molar-refractivity contribution in [3.8, 4) is 45.3 Å². The molecule has 0 fully saturated rings. The Hall–Kier alpha value is -5.44. The number of hydrogen-bond acceptors (Lipinski definition) is 4. The van der Waals surface area contributed by atoms with E-state index < -0.39 is 12.6 Å². The highest BCUT2D eigenvalue weighted by Crippen LogP contribution is 2.56. The molecule has 4 nitrogen and oxygen atoms in total. The van der Waals surface area contributed by atoms with Crippen LogP contribution in [0.15, 0.2) is 158 Å². The fraction of sp³-hybridized carbons (Fsp3) is 0.0714. The normalized spacial score (nSPS) is 13.1. The number of rotatable bonds is 6. The van der Waals surface area contributed by atoms with E-state index >= 15 is 0 Å². The Labute approximate surface area is 275 Å². The first-order chi connectivity index (χ1) is 22.9. The molecule has 1 aliphatic carbocycles. The summed E-state index contributed by atoms with van der Waals surface area (Å²) in [5.74, 6) is 1.72. The number of fused-ring (bicyclic) bond motifs is 3. The summed E-state index contributed by atoms with van der Waals surface area (Å²) in [5, 5.41) is 0.795. The monoisotopic (exact) mass is 625 g/mol. The van der Waals surface area contributed by atoms with E-state index in [0.29, 0.717) is 17.5 Å². The van der Waals surface area contributed by atoms with Gasteiger partial charge >= 0.3 is 0 Å². The smallest absolute Gasteiger partial charge is 0.164 e. The molecule has 0 amide bonds. The van der Waals surface area contributed by atoms with Crippen LogP contribution in [0.4, 0.5) is 0 Å². The van der Waals surface area contributed by atoms with Crippen molar-refractivity contribution in [2.24, 2.45) is 0 Å². The van der Waals surface area contributed by atoms with E-state index in [1.165, 1.54) is 27.8 Å². The predicted octanol–water partition coefficient (Wildman–Crippen LogP) is 9.48. The van der Waals surface area contributed by atoms with Crippen LogP contribution < -0.4 is 5.30 Å². The molecule has 1 aromatic heterocycles. The summed E-state index contributed by atoms with van der Waals surface area (Å²) in [4.78, 5) is 15.0. The molecule has 47 heavy (non-hydrogen) atoms. The van der Waals surface area contributed by atoms with Crippen LogP contribution in [0.5, 0.6) is 0 Å². The standard InChI is InChI=1S/C42H32N3OP/c1-47(2,46)34-22-14-18-31(28-34)41-44-39(29-15-5-3-6-16-29)43-40(45-41)30-17-13-21-33(27-30)42(32-19-7-4-8-20-32)37-25-11-9-23-35(37)36-24-10-12-26-38(36)42/h3-28H,1-2H3. The number of aromatic nitrogens is 3. The Morgan fingerprint density at radius 1 is 0.447 bits per heavy atom. The maximum absolute atomic E-state index is 13.0. The van der Waals surface area contributed by atoms with Crippen LogP contribution in [0, 0.1) is 0 Å². The van der Waals surface area contributed by atoms with Crippen molar-refractivity contribution in [3.63, 3.8) is 0 Å². The van der Waals surface area contributed by atoms with Crippen LogP contribution in [-0.2, 0) is 9.98 Å². The van der Waals surface area contributed by atoms with E-state index in [1.807, 2.05) is 54.6 Å². The van der Waals surface area contributed by atoms with Crippen LogP contribution >= 0.6 is 7.14 Å². The molecule has 0 radical (unpaired) electrons. The topological polar surface area (TPSA) is 55.7 Å². The molecule has 0 unspecified atom stereocenters. The second kappa shape index (κ2) is 11.4. The molecule has 0 atom stereocenters. The third kappa shape index (κ3) is 4.93. The SMILES string of the molecule is CP(C)(=O)c1cccc(-c2nc(-c3ccccc3)nc(-c3cccc(C4(c5ccccc5)c5ccccc5-c5ccccc54)c3)n2)c1. The molecule has 0 spiro atoms. The lowest BCUT2D eigenvalue weighted by molar-refractivity contribution is 0.588. The molecule has 5 heteroatoms. The zero-order chi connectivity index (χ0) is 32.0. The van der Waals surface area contributed by atoms with Gasteiger partial charge in [-0.05, 0) is 58.8 Å². The fourth-order valence-electron chi connectivity index (χ4n) is 6.93. The molecule has 8 rings (SSSR count). The number of hydrogen-bond donors (Lipinski definition) is 0. The highest BCUT2D eigenvalue weighted by Gasteiger charge is 2.45. The van der Waals surface area contributed by atoms with Gasteiger partial charge in [0.1, 0.15) is 7.14 Å². The lowest BCUT2D eigenvalue weighted by Gasteiger charge is -2.34. The maximum Gasteiger partial charge on any atom is 0.164 e. The number of benzene rings is 6. The summed E-state index contributed by atoms with van der Waals surface area (Å²) < 4.78 is 13.0. The van der Waals surface area contributed by atoms with Gasteiger partial charge in [0.05, 0.1) is 5.41 Å². The predicted molar refractivity (Wildman–Crippen MR) is 193 cm³/mol. The first-order valence-electron chi connectivity index (χ1n) is 15.8. The zero-order valence-electron chi connectivity index (χ0n) is 26.2. The van der Waals surface area contributed by atoms with E-state index in [9.17, 15) is 4.57 Å². The Morgan fingerprint density at radius 2 is 0.894 bits per heavy atom. The van der Waals surface area contributed by atoms with Gasteiger partial charge in [-0.15, -0.1) is 0 Å². The first kappa shape index (κ1) is 29.0. The molecule has 7 aromatic rings. The third-order valence-electron chi connectivity index (χ3n) is 9.11. The van der Waals surface area contributed by atoms with E-state index in [-0.39, 0.29) is 0 Å². The van der Waals surface area contributed by atoms with Gasteiger partial charge in [-0.1, -0.05) is 146 Å². The van der Waals surface area contributed by atoms with Gasteiger partial charge in [0.25, 0.3) is 0 Å². The molecule has 226 valence electrons. The lowest BCUT2D eigenvalue weighted by Crippen LogP contribution is -2.28. The third-order valence-corrected chi connectivity index (χ3v) is 10.6. The summed E-state index contributed by atoms with van der Waals surface area (Å²) in [6.07, 6.45) is 0. The summed E-state index contributed by atoms with van der Waals surface area (Å²) in [7, 11) is -2.49. The average molecular weight is 626 g/mol. The number of nitrogens with zero attached hydrogens (tertiary/aromatic N) is 3. The van der Waals surface area contributed by atoms with Gasteiger partial charge in [-0.25, -0.2) is 15.0 Å². The maximum atomic E-state index is 13.0. The van der Waals surface area contributed by atoms with Gasteiger partial charge in [-0.2, -0.15) is 0 Å². The van der Waals surface area contributed by atoms with Crippen molar-refractivity contribution < 1.29 is 4.57 Å². The molecule has 1 heterocycles. The quantitative estimate of drug-likeness (QED) is 0.173. The lowest BCUT2D eigenvalue weighted by atomic mass is 9.67. The van der Waals surface area contributed by atoms with Crippen molar-refractivity contribution in [3.05, 3.63) is 180 Å². The fourth-order valence-corrected chi connectivity index (χ4v) is 7.83. The Bertz CT molecular complexity index is 2270. The second-order valence-electron chi connectivity index (χ2n) is 12.4. The van der Waals surface area contributed by atoms with Gasteiger partial charge in [0.15, 0.2) is 17.5 Å². The highest BCUT2D eigenvalue weighted by atomic mass is 31.2. The molecule has 0 aliphatic heterocycles. The zero-order valence-corrected chi connectivity index (χ0v) is 27.1. The van der Waals surface area contributed by atoms with Gasteiger partial charge in [-0.3, -0.25) is 0 Å². The molecule has 6 aromatic carbocycles. The van der Waals surface area contributed by atoms with Crippen LogP contribution in [0.25, 0.3) is 45.3 Å². The largest absolute Gasteiger partial charge is 0.319 e. The van der Waals surface area contributed by atoms with Gasteiger partial charge in [0.2, 0.25) is 0 Å². The Balaban J connectivity index is 1.37. The summed E-state index contributed by atoms with van der Waals surface area (Å²) >= 11 is 0. The van der Waals surface area contributed by atoms with Gasteiger partial charge < -0.3 is 4.57 Å². The minimum atomic E-state index is -2.49. The van der Waals surface area contributed by atoms with Crippen molar-refractivity contribution >= 4 is 12.4 Å². The van der Waals surface area contributed by atoms with E-state index in [1.54, 1.807) is 13.3 Å². The second-order valence-corrected chi connectivity index (χ2v) is 15.6. The molecule has 0 saturated heterocycles. The average Bonchev–Trinajstić information content (AvgIpc) is 3.43. The summed E-state index contributed by atoms with van der Waals surface area (Å²) in [5.41, 5.74) is 9.43. The van der Waals surface area contributed by atoms with Crippen molar-refractivity contribution in [2.75, 3.05) is 13.3 Å². The van der Waals surface area contributed by atoms with Gasteiger partial charge in [0, 0.05) is 22.0 Å². The molecule has 0 bridgehead atoms. The van der Waals surface area contributed by atoms with Crippen LogP contribution in [-0.4, -0.2) is 28.3 Å². The molecular formula is C42H32N3OP. The van der Waals surface area contributed by atoms with Crippen molar-refractivity contribution in [1.82, 2.24) is 15.0 Å². The highest BCUT2D eigenvalue weighted by molar-refractivity contribution is 7.70. The van der Waals surface area contributed by atoms with Crippen LogP contribution in [0.1, 0.15) is 22.3 Å². The van der Waals surface area contributed by atoms with Crippen LogP contribution in [0.3, 0.4) is 0 Å². The summed E-state index contributed by atoms with van der Waals surface area (Å²) in [6, 6.07) is 54.6. The van der Waals surface area contributed by atoms with E-state index in [4.69, 9.17) is 15.0 Å². The molecule has 1 aliphatic rings. The van der Waals surface area contributed by atoms with E-state index in [2.05, 4.69) is 103 Å². The van der Waals surface area contributed by atoms with Crippen LogP contribution in [0.2, 0.25) is 0 Å². The molecular weight excluding hydrogens is 593 g/mol. The minimum Gasteiger partial charge on any atom is -0.319 e. The van der Waals surface area contributed by atoms with E-state index in [0.717, 1.165) is 27.6 Å².